The van der Waals surface area contributed by atoms with Crippen LogP contribution < -0.4 is 24.8 Å². The van der Waals surface area contributed by atoms with Gasteiger partial charge >= 0.3 is 0 Å². The van der Waals surface area contributed by atoms with Gasteiger partial charge in [-0.1, -0.05) is 12.1 Å². The van der Waals surface area contributed by atoms with Gasteiger partial charge in [0.05, 0.1) is 38.9 Å². The zero-order valence-corrected chi connectivity index (χ0v) is 15.9. The SMILES string of the molecule is COc1ccccc1Nc1ccc(C(=O)Nc2ccc(OC)c(OC)c2)nc1. The number of benzene rings is 2. The van der Waals surface area contributed by atoms with Crippen molar-refractivity contribution in [2.45, 2.75) is 0 Å². The van der Waals surface area contributed by atoms with E-state index in [1.165, 1.54) is 0 Å². The summed E-state index contributed by atoms with van der Waals surface area (Å²) in [5, 5.41) is 6.01. The zero-order chi connectivity index (χ0) is 19.9. The predicted octanol–water partition coefficient (Wildman–Crippen LogP) is 4.10. The van der Waals surface area contributed by atoms with Crippen LogP contribution in [0.25, 0.3) is 0 Å². The summed E-state index contributed by atoms with van der Waals surface area (Å²) in [6.07, 6.45) is 1.59. The third kappa shape index (κ3) is 4.32. The van der Waals surface area contributed by atoms with Crippen LogP contribution in [-0.2, 0) is 0 Å². The highest BCUT2D eigenvalue weighted by Gasteiger charge is 2.11. The lowest BCUT2D eigenvalue weighted by Crippen LogP contribution is -2.13. The molecule has 0 unspecified atom stereocenters. The maximum Gasteiger partial charge on any atom is 0.274 e. The molecular weight excluding hydrogens is 358 g/mol. The highest BCUT2D eigenvalue weighted by Crippen LogP contribution is 2.30. The van der Waals surface area contributed by atoms with Gasteiger partial charge < -0.3 is 24.8 Å². The van der Waals surface area contributed by atoms with Gasteiger partial charge in [-0.2, -0.15) is 0 Å². The van der Waals surface area contributed by atoms with Crippen LogP contribution in [0.1, 0.15) is 10.5 Å². The molecule has 0 saturated carbocycles. The number of ether oxygens (including phenoxy) is 3. The largest absolute Gasteiger partial charge is 0.495 e. The molecule has 0 atom stereocenters. The summed E-state index contributed by atoms with van der Waals surface area (Å²) in [4.78, 5) is 16.7. The number of anilines is 3. The molecule has 0 aliphatic rings. The second kappa shape index (κ2) is 8.77. The highest BCUT2D eigenvalue weighted by atomic mass is 16.5. The minimum Gasteiger partial charge on any atom is -0.495 e. The number of hydrogen-bond acceptors (Lipinski definition) is 6. The van der Waals surface area contributed by atoms with Gasteiger partial charge in [0, 0.05) is 11.8 Å². The number of hydrogen-bond donors (Lipinski definition) is 2. The fourth-order valence-corrected chi connectivity index (χ4v) is 2.61. The molecule has 2 aromatic carbocycles. The van der Waals surface area contributed by atoms with E-state index in [-0.39, 0.29) is 5.91 Å². The number of methoxy groups -OCH3 is 3. The Kier molecular flexibility index (Phi) is 5.96. The Balaban J connectivity index is 1.70. The van der Waals surface area contributed by atoms with Crippen LogP contribution in [0.3, 0.4) is 0 Å². The lowest BCUT2D eigenvalue weighted by molar-refractivity contribution is 0.102. The highest BCUT2D eigenvalue weighted by molar-refractivity contribution is 6.03. The van der Waals surface area contributed by atoms with Crippen LogP contribution in [-0.4, -0.2) is 32.2 Å². The summed E-state index contributed by atoms with van der Waals surface area (Å²) in [5.41, 5.74) is 2.43. The summed E-state index contributed by atoms with van der Waals surface area (Å²) in [6.45, 7) is 0. The van der Waals surface area contributed by atoms with Crippen LogP contribution in [0.5, 0.6) is 17.2 Å². The van der Waals surface area contributed by atoms with Crippen LogP contribution >= 0.6 is 0 Å². The van der Waals surface area contributed by atoms with E-state index < -0.39 is 0 Å². The van der Waals surface area contributed by atoms with Gasteiger partial charge in [-0.25, -0.2) is 4.98 Å². The van der Waals surface area contributed by atoms with Gasteiger partial charge in [0.1, 0.15) is 11.4 Å². The van der Waals surface area contributed by atoms with Crippen molar-refractivity contribution in [3.8, 4) is 17.2 Å². The van der Waals surface area contributed by atoms with E-state index in [2.05, 4.69) is 15.6 Å². The standard InChI is InChI=1S/C21H21N3O4/c1-26-18-7-5-4-6-16(18)23-15-8-10-17(22-13-15)21(25)24-14-9-11-19(27-2)20(12-14)28-3/h4-13,23H,1-3H3,(H,24,25). The van der Waals surface area contributed by atoms with Gasteiger partial charge in [0.2, 0.25) is 0 Å². The molecule has 3 aromatic rings. The third-order valence-corrected chi connectivity index (χ3v) is 4.02. The molecule has 0 bridgehead atoms. The van der Waals surface area contributed by atoms with Crippen molar-refractivity contribution in [1.82, 2.24) is 4.98 Å². The lowest BCUT2D eigenvalue weighted by atomic mass is 10.2. The van der Waals surface area contributed by atoms with E-state index in [1.807, 2.05) is 24.3 Å². The number of nitrogens with zero attached hydrogens (tertiary/aromatic N) is 1. The molecule has 0 spiro atoms. The number of rotatable bonds is 7. The average Bonchev–Trinajstić information content (AvgIpc) is 2.74. The Morgan fingerprint density at radius 3 is 2.21 bits per heavy atom. The van der Waals surface area contributed by atoms with Crippen LogP contribution in [0.15, 0.2) is 60.8 Å². The van der Waals surface area contributed by atoms with Gasteiger partial charge in [-0.05, 0) is 36.4 Å². The number of amides is 1. The number of para-hydroxylation sites is 2. The topological polar surface area (TPSA) is 81.7 Å². The van der Waals surface area contributed by atoms with Gasteiger partial charge in [-0.3, -0.25) is 4.79 Å². The Hall–Kier alpha value is -3.74. The number of pyridine rings is 1. The number of aromatic nitrogens is 1. The van der Waals surface area contributed by atoms with Crippen LogP contribution in [0.4, 0.5) is 17.1 Å². The number of carbonyl (C=O) groups is 1. The molecule has 0 fully saturated rings. The van der Waals surface area contributed by atoms with E-state index in [0.29, 0.717) is 22.9 Å². The molecule has 1 amide bonds. The quantitative estimate of drug-likeness (QED) is 0.643. The Bertz CT molecular complexity index is 958. The molecule has 0 radical (unpaired) electrons. The summed E-state index contributed by atoms with van der Waals surface area (Å²) in [7, 11) is 4.71. The van der Waals surface area contributed by atoms with E-state index in [1.54, 1.807) is 57.9 Å². The first kappa shape index (κ1) is 19.0. The molecule has 144 valence electrons. The molecule has 0 aliphatic heterocycles. The van der Waals surface area contributed by atoms with Crippen molar-refractivity contribution in [1.29, 1.82) is 0 Å². The minimum atomic E-state index is -0.323. The van der Waals surface area contributed by atoms with Gasteiger partial charge in [-0.15, -0.1) is 0 Å². The number of nitrogens with one attached hydrogen (secondary N) is 2. The summed E-state index contributed by atoms with van der Waals surface area (Å²) in [5.74, 6) is 1.52. The van der Waals surface area contributed by atoms with Gasteiger partial charge in [0.25, 0.3) is 5.91 Å². The fraction of sp³-hybridized carbons (Fsp3) is 0.143. The summed E-state index contributed by atoms with van der Waals surface area (Å²) >= 11 is 0. The maximum absolute atomic E-state index is 12.5. The van der Waals surface area contributed by atoms with E-state index in [4.69, 9.17) is 14.2 Å². The fourth-order valence-electron chi connectivity index (χ4n) is 2.61. The second-order valence-electron chi connectivity index (χ2n) is 5.78. The van der Waals surface area contributed by atoms with E-state index in [9.17, 15) is 4.79 Å². The molecule has 1 aromatic heterocycles. The van der Waals surface area contributed by atoms with Gasteiger partial charge in [0.15, 0.2) is 11.5 Å². The first-order chi connectivity index (χ1) is 13.6. The Morgan fingerprint density at radius 2 is 1.54 bits per heavy atom. The van der Waals surface area contributed by atoms with Crippen LogP contribution in [0, 0.1) is 0 Å². The van der Waals surface area contributed by atoms with Crippen molar-refractivity contribution in [2.24, 2.45) is 0 Å². The van der Waals surface area contributed by atoms with E-state index in [0.717, 1.165) is 17.1 Å². The van der Waals surface area contributed by atoms with Crippen molar-refractivity contribution in [2.75, 3.05) is 32.0 Å². The molecule has 7 nitrogen and oxygen atoms in total. The molecule has 2 N–H and O–H groups in total. The zero-order valence-electron chi connectivity index (χ0n) is 15.9. The molecule has 3 rings (SSSR count). The van der Waals surface area contributed by atoms with Crippen molar-refractivity contribution in [3.63, 3.8) is 0 Å². The lowest BCUT2D eigenvalue weighted by Gasteiger charge is -2.12. The monoisotopic (exact) mass is 379 g/mol. The molecule has 1 heterocycles. The minimum absolute atomic E-state index is 0.292. The molecule has 0 aliphatic carbocycles. The van der Waals surface area contributed by atoms with Crippen molar-refractivity contribution >= 4 is 23.0 Å². The predicted molar refractivity (Wildman–Crippen MR) is 108 cm³/mol. The normalized spacial score (nSPS) is 10.1. The van der Waals surface area contributed by atoms with Crippen LogP contribution in [0.2, 0.25) is 0 Å². The molecule has 7 heteroatoms. The maximum atomic E-state index is 12.5. The summed E-state index contributed by atoms with van der Waals surface area (Å²) < 4.78 is 15.8. The second-order valence-corrected chi connectivity index (χ2v) is 5.78. The third-order valence-electron chi connectivity index (χ3n) is 4.02. The Labute approximate surface area is 163 Å². The van der Waals surface area contributed by atoms with E-state index >= 15 is 0 Å². The molecule has 0 saturated heterocycles. The van der Waals surface area contributed by atoms with Crippen molar-refractivity contribution < 1.29 is 19.0 Å². The first-order valence-corrected chi connectivity index (χ1v) is 8.54. The van der Waals surface area contributed by atoms with Crippen molar-refractivity contribution in [3.05, 3.63) is 66.5 Å². The first-order valence-electron chi connectivity index (χ1n) is 8.54. The molecular formula is C21H21N3O4. The smallest absolute Gasteiger partial charge is 0.274 e. The molecule has 28 heavy (non-hydrogen) atoms. The summed E-state index contributed by atoms with van der Waals surface area (Å²) in [6, 6.07) is 16.1. The average molecular weight is 379 g/mol. The number of carbonyl (C=O) groups excluding carboxylic acids is 1. The Morgan fingerprint density at radius 1 is 0.821 bits per heavy atom.